The molecule has 1 N–H and O–H groups in total. The molecule has 0 aliphatic carbocycles. The lowest BCUT2D eigenvalue weighted by molar-refractivity contribution is 0.316. The highest BCUT2D eigenvalue weighted by atomic mass is 32.2. The molecule has 0 aliphatic rings. The van der Waals surface area contributed by atoms with Crippen LogP contribution in [0.15, 0.2) is 48.1 Å². The number of aromatic amines is 1. The summed E-state index contributed by atoms with van der Waals surface area (Å²) in [5.74, 6) is -0.721. The average Bonchev–Trinajstić information content (AvgIpc) is 3.55. The molecule has 0 aromatic carbocycles. The maximum atomic E-state index is 14.5. The molecule has 2 atom stereocenters. The van der Waals surface area contributed by atoms with E-state index < -0.39 is 15.7 Å². The summed E-state index contributed by atoms with van der Waals surface area (Å²) in [6, 6.07) is 6.24. The Morgan fingerprint density at radius 3 is 2.83 bits per heavy atom. The zero-order chi connectivity index (χ0) is 25.9. The molecular weight excluding hydrogens is 483 g/mol. The lowest BCUT2D eigenvalue weighted by Gasteiger charge is -2.26. The molecule has 36 heavy (non-hydrogen) atoms. The second-order valence-corrected chi connectivity index (χ2v) is 10.9. The third-order valence-electron chi connectivity index (χ3n) is 6.31. The van der Waals surface area contributed by atoms with Gasteiger partial charge in [0, 0.05) is 36.9 Å². The molecule has 12 heteroatoms. The monoisotopic (exact) mass is 510 g/mol. The predicted octanol–water partition coefficient (Wildman–Crippen LogP) is 3.77. The van der Waals surface area contributed by atoms with Gasteiger partial charge in [0.25, 0.3) is 0 Å². The number of H-pyrrole nitrogens is 1. The number of pyridine rings is 1. The van der Waals surface area contributed by atoms with Gasteiger partial charge >= 0.3 is 0 Å². The number of nitrogens with one attached hydrogen (secondary N) is 1. The largest absolute Gasteiger partial charge is 0.357 e. The topological polar surface area (TPSA) is 133 Å². The number of sulfone groups is 1. The van der Waals surface area contributed by atoms with E-state index in [0.717, 1.165) is 28.4 Å². The van der Waals surface area contributed by atoms with E-state index in [-0.39, 0.29) is 35.0 Å². The molecule has 0 bridgehead atoms. The first-order valence-electron chi connectivity index (χ1n) is 11.5. The van der Waals surface area contributed by atoms with E-state index in [2.05, 4.69) is 31.1 Å². The van der Waals surface area contributed by atoms with Crippen molar-refractivity contribution in [3.63, 3.8) is 0 Å². The number of fused-ring (bicyclic) bond motifs is 1. The molecule has 4 heterocycles. The highest BCUT2D eigenvalue weighted by Gasteiger charge is 2.23. The SMILES string of the molecule is CCS(=O)(=O)c1ccc(F)c(N(C)CCC(C)C(CC#N)n2cc(-c3ncnc4[nH]ccc34)cn2)n1. The lowest BCUT2D eigenvalue weighted by atomic mass is 9.96. The number of aromatic nitrogens is 6. The summed E-state index contributed by atoms with van der Waals surface area (Å²) in [7, 11) is -1.88. The molecule has 0 spiro atoms. The lowest BCUT2D eigenvalue weighted by Crippen LogP contribution is -2.26. The van der Waals surface area contributed by atoms with Crippen molar-refractivity contribution in [2.75, 3.05) is 24.2 Å². The second-order valence-electron chi connectivity index (χ2n) is 8.65. The van der Waals surface area contributed by atoms with Crippen molar-refractivity contribution in [1.82, 2.24) is 29.7 Å². The first kappa shape index (κ1) is 25.2. The van der Waals surface area contributed by atoms with Crippen molar-refractivity contribution in [1.29, 1.82) is 5.26 Å². The van der Waals surface area contributed by atoms with Crippen molar-refractivity contribution in [3.8, 4) is 17.3 Å². The molecule has 10 nitrogen and oxygen atoms in total. The number of nitrogens with zero attached hydrogens (tertiary/aromatic N) is 7. The summed E-state index contributed by atoms with van der Waals surface area (Å²) in [5, 5.41) is 14.7. The Hall–Kier alpha value is -3.85. The van der Waals surface area contributed by atoms with E-state index in [0.29, 0.717) is 13.0 Å². The van der Waals surface area contributed by atoms with Crippen LogP contribution in [0.4, 0.5) is 10.2 Å². The molecule has 188 valence electrons. The Morgan fingerprint density at radius 1 is 1.28 bits per heavy atom. The number of nitriles is 1. The zero-order valence-corrected chi connectivity index (χ0v) is 21.1. The molecule has 0 radical (unpaired) electrons. The van der Waals surface area contributed by atoms with Gasteiger partial charge in [-0.1, -0.05) is 13.8 Å². The third kappa shape index (κ3) is 5.06. The molecule has 0 amide bonds. The maximum Gasteiger partial charge on any atom is 0.195 e. The van der Waals surface area contributed by atoms with Crippen LogP contribution in [-0.2, 0) is 9.84 Å². The first-order valence-corrected chi connectivity index (χ1v) is 13.2. The van der Waals surface area contributed by atoms with Crippen LogP contribution in [0.3, 0.4) is 0 Å². The molecule has 0 fully saturated rings. The Kier molecular flexibility index (Phi) is 7.30. The van der Waals surface area contributed by atoms with E-state index >= 15 is 0 Å². The summed E-state index contributed by atoms with van der Waals surface area (Å²) in [5.41, 5.74) is 2.29. The molecule has 0 saturated heterocycles. The van der Waals surface area contributed by atoms with Crippen molar-refractivity contribution in [2.45, 2.75) is 37.8 Å². The van der Waals surface area contributed by atoms with Gasteiger partial charge < -0.3 is 9.88 Å². The van der Waals surface area contributed by atoms with Gasteiger partial charge in [-0.15, -0.1) is 0 Å². The zero-order valence-electron chi connectivity index (χ0n) is 20.3. The number of rotatable bonds is 10. The minimum Gasteiger partial charge on any atom is -0.357 e. The van der Waals surface area contributed by atoms with E-state index in [9.17, 15) is 18.1 Å². The van der Waals surface area contributed by atoms with Gasteiger partial charge in [0.2, 0.25) is 0 Å². The van der Waals surface area contributed by atoms with Crippen LogP contribution >= 0.6 is 0 Å². The second kappa shape index (κ2) is 10.4. The van der Waals surface area contributed by atoms with Gasteiger partial charge in [-0.25, -0.2) is 27.8 Å². The fourth-order valence-electron chi connectivity index (χ4n) is 4.09. The highest BCUT2D eigenvalue weighted by molar-refractivity contribution is 7.91. The number of hydrogen-bond acceptors (Lipinski definition) is 8. The summed E-state index contributed by atoms with van der Waals surface area (Å²) < 4.78 is 40.6. The third-order valence-corrected chi connectivity index (χ3v) is 7.93. The molecule has 4 rings (SSSR count). The standard InChI is InChI=1S/C24H27FN8O2S/c1-4-36(34,35)21-6-5-19(25)24(31-21)32(3)12-9-16(2)20(7-10-26)33-14-17(13-30-33)22-18-8-11-27-23(18)29-15-28-22/h5-6,8,11,13-16,20H,4,7,9,12H2,1-3H3,(H,27,28,29). The first-order chi connectivity index (χ1) is 17.2. The molecule has 4 aromatic rings. The van der Waals surface area contributed by atoms with Crippen LogP contribution in [0.2, 0.25) is 0 Å². The maximum absolute atomic E-state index is 14.5. The smallest absolute Gasteiger partial charge is 0.195 e. The van der Waals surface area contributed by atoms with Crippen molar-refractivity contribution < 1.29 is 12.8 Å². The Bertz CT molecular complexity index is 1510. The predicted molar refractivity (Wildman–Crippen MR) is 133 cm³/mol. The molecule has 2 unspecified atom stereocenters. The van der Waals surface area contributed by atoms with E-state index in [4.69, 9.17) is 0 Å². The van der Waals surface area contributed by atoms with Gasteiger partial charge in [-0.3, -0.25) is 4.68 Å². The fraction of sp³-hybridized carbons (Fsp3) is 0.375. The minimum absolute atomic E-state index is 0.00291. The fourth-order valence-corrected chi connectivity index (χ4v) is 4.89. The van der Waals surface area contributed by atoms with E-state index in [1.807, 2.05) is 19.2 Å². The molecule has 4 aromatic heterocycles. The van der Waals surface area contributed by atoms with Crippen molar-refractivity contribution >= 4 is 26.7 Å². The van der Waals surface area contributed by atoms with Crippen molar-refractivity contribution in [2.24, 2.45) is 5.92 Å². The molecule has 0 aliphatic heterocycles. The van der Waals surface area contributed by atoms with Crippen LogP contribution in [0.25, 0.3) is 22.3 Å². The quantitative estimate of drug-likeness (QED) is 0.341. The molecular formula is C24H27FN8O2S. The van der Waals surface area contributed by atoms with E-state index in [1.54, 1.807) is 29.0 Å². The van der Waals surface area contributed by atoms with Gasteiger partial charge in [0.15, 0.2) is 26.5 Å². The number of anilines is 1. The van der Waals surface area contributed by atoms with Gasteiger partial charge in [0.05, 0.1) is 36.2 Å². The summed E-state index contributed by atoms with van der Waals surface area (Å²) in [6.45, 7) is 3.94. The van der Waals surface area contributed by atoms with Gasteiger partial charge in [-0.05, 0) is 30.5 Å². The van der Waals surface area contributed by atoms with Gasteiger partial charge in [0.1, 0.15) is 12.0 Å². The van der Waals surface area contributed by atoms with Crippen LogP contribution in [-0.4, -0.2) is 57.5 Å². The Labute approximate surface area is 208 Å². The average molecular weight is 511 g/mol. The summed E-state index contributed by atoms with van der Waals surface area (Å²) in [4.78, 5) is 17.4. The Morgan fingerprint density at radius 2 is 2.08 bits per heavy atom. The van der Waals surface area contributed by atoms with Gasteiger partial charge in [-0.2, -0.15) is 10.4 Å². The van der Waals surface area contributed by atoms with Crippen molar-refractivity contribution in [3.05, 3.63) is 48.9 Å². The van der Waals surface area contributed by atoms with Crippen LogP contribution in [0.5, 0.6) is 0 Å². The summed E-state index contributed by atoms with van der Waals surface area (Å²) >= 11 is 0. The number of hydrogen-bond donors (Lipinski definition) is 1. The van der Waals surface area contributed by atoms with E-state index in [1.165, 1.54) is 19.3 Å². The van der Waals surface area contributed by atoms with Crippen LogP contribution in [0, 0.1) is 23.1 Å². The normalized spacial score (nSPS) is 13.4. The van der Waals surface area contributed by atoms with Crippen LogP contribution in [0.1, 0.15) is 32.7 Å². The summed E-state index contributed by atoms with van der Waals surface area (Å²) in [6.07, 6.45) is 7.72. The number of halogens is 1. The highest BCUT2D eigenvalue weighted by Crippen LogP contribution is 2.29. The minimum atomic E-state index is -3.55. The molecule has 0 saturated carbocycles. The van der Waals surface area contributed by atoms with Crippen LogP contribution < -0.4 is 4.90 Å². The Balaban J connectivity index is 1.51.